The highest BCUT2D eigenvalue weighted by Gasteiger charge is 2.02. The molecule has 1 rings (SSSR count). The van der Waals surface area contributed by atoms with Crippen LogP contribution in [0.5, 0.6) is 5.75 Å². The van der Waals surface area contributed by atoms with Crippen LogP contribution < -0.4 is 4.74 Å². The van der Waals surface area contributed by atoms with E-state index in [1.54, 1.807) is 0 Å². The summed E-state index contributed by atoms with van der Waals surface area (Å²) in [6, 6.07) is 7.41. The summed E-state index contributed by atoms with van der Waals surface area (Å²) in [7, 11) is 0. The zero-order chi connectivity index (χ0) is 12.5. The van der Waals surface area contributed by atoms with Gasteiger partial charge in [0.25, 0.3) is 0 Å². The normalized spacial score (nSPS) is 10.2. The number of ketones is 1. The van der Waals surface area contributed by atoms with E-state index in [-0.39, 0.29) is 5.78 Å². The van der Waals surface area contributed by atoms with Crippen molar-refractivity contribution in [2.75, 3.05) is 18.1 Å². The van der Waals surface area contributed by atoms with Gasteiger partial charge in [-0.3, -0.25) is 4.79 Å². The predicted octanol–water partition coefficient (Wildman–Crippen LogP) is 3.80. The van der Waals surface area contributed by atoms with Gasteiger partial charge in [0, 0.05) is 12.0 Å². The minimum atomic E-state index is 0.177. The second kappa shape index (κ2) is 8.18. The number of carbonyl (C=O) groups is 1. The third-order valence-corrected chi connectivity index (χ3v) is 3.39. The molecule has 0 radical (unpaired) electrons. The standard InChI is InChI=1S/C14H20O2S/c1-3-14(15)12-6-8-13(9-7-12)16-10-5-11-17-4-2/h6-9H,3-5,10-11H2,1-2H3. The lowest BCUT2D eigenvalue weighted by Crippen LogP contribution is -2.00. The number of thioether (sulfide) groups is 1. The molecule has 0 bridgehead atoms. The Morgan fingerprint density at radius 1 is 1.24 bits per heavy atom. The van der Waals surface area contributed by atoms with E-state index in [4.69, 9.17) is 4.74 Å². The molecule has 0 aliphatic carbocycles. The summed E-state index contributed by atoms with van der Waals surface area (Å²) in [5, 5.41) is 0. The van der Waals surface area contributed by atoms with Gasteiger partial charge in [-0.1, -0.05) is 13.8 Å². The third kappa shape index (κ3) is 5.26. The Bertz CT molecular complexity index is 333. The lowest BCUT2D eigenvalue weighted by molar-refractivity contribution is 0.0988. The van der Waals surface area contributed by atoms with Gasteiger partial charge in [-0.25, -0.2) is 0 Å². The van der Waals surface area contributed by atoms with Gasteiger partial charge in [0.1, 0.15) is 5.75 Å². The largest absolute Gasteiger partial charge is 0.494 e. The molecular weight excluding hydrogens is 232 g/mol. The van der Waals surface area contributed by atoms with Crippen molar-refractivity contribution < 1.29 is 9.53 Å². The van der Waals surface area contributed by atoms with E-state index in [2.05, 4.69) is 6.92 Å². The SMILES string of the molecule is CCSCCCOc1ccc(C(=O)CC)cc1. The average molecular weight is 252 g/mol. The van der Waals surface area contributed by atoms with E-state index < -0.39 is 0 Å². The highest BCUT2D eigenvalue weighted by atomic mass is 32.2. The van der Waals surface area contributed by atoms with E-state index in [9.17, 15) is 4.79 Å². The minimum Gasteiger partial charge on any atom is -0.494 e. The maximum atomic E-state index is 11.4. The van der Waals surface area contributed by atoms with Crippen molar-refractivity contribution >= 4 is 17.5 Å². The Balaban J connectivity index is 2.33. The summed E-state index contributed by atoms with van der Waals surface area (Å²) in [6.45, 7) is 4.78. The number of ether oxygens (including phenoxy) is 1. The Kier molecular flexibility index (Phi) is 6.78. The average Bonchev–Trinajstić information content (AvgIpc) is 2.38. The fourth-order valence-corrected chi connectivity index (χ4v) is 2.05. The van der Waals surface area contributed by atoms with Crippen LogP contribution in [-0.2, 0) is 0 Å². The molecule has 0 saturated carbocycles. The quantitative estimate of drug-likeness (QED) is 0.520. The first-order chi connectivity index (χ1) is 8.27. The van der Waals surface area contributed by atoms with Crippen LogP contribution in [0.1, 0.15) is 37.0 Å². The topological polar surface area (TPSA) is 26.3 Å². The summed E-state index contributed by atoms with van der Waals surface area (Å²) < 4.78 is 5.60. The number of rotatable bonds is 8. The summed E-state index contributed by atoms with van der Waals surface area (Å²) in [6.07, 6.45) is 1.61. The Hall–Kier alpha value is -0.960. The summed E-state index contributed by atoms with van der Waals surface area (Å²) >= 11 is 1.93. The zero-order valence-corrected chi connectivity index (χ0v) is 11.4. The van der Waals surface area contributed by atoms with Gasteiger partial charge in [-0.2, -0.15) is 11.8 Å². The molecule has 0 amide bonds. The van der Waals surface area contributed by atoms with Gasteiger partial charge in [0.05, 0.1) is 6.61 Å². The number of carbonyl (C=O) groups excluding carboxylic acids is 1. The van der Waals surface area contributed by atoms with Crippen LogP contribution in [0, 0.1) is 0 Å². The summed E-state index contributed by atoms with van der Waals surface area (Å²) in [5.74, 6) is 3.33. The van der Waals surface area contributed by atoms with Crippen molar-refractivity contribution in [3.05, 3.63) is 29.8 Å². The predicted molar refractivity (Wildman–Crippen MR) is 74.2 cm³/mol. The molecule has 17 heavy (non-hydrogen) atoms. The van der Waals surface area contributed by atoms with Crippen molar-refractivity contribution in [3.8, 4) is 5.75 Å². The lowest BCUT2D eigenvalue weighted by Gasteiger charge is -2.06. The van der Waals surface area contributed by atoms with Crippen LogP contribution in [0.2, 0.25) is 0 Å². The van der Waals surface area contributed by atoms with Gasteiger partial charge in [0.15, 0.2) is 5.78 Å². The first-order valence-corrected chi connectivity index (χ1v) is 7.27. The van der Waals surface area contributed by atoms with E-state index in [0.717, 1.165) is 35.8 Å². The first-order valence-electron chi connectivity index (χ1n) is 6.11. The van der Waals surface area contributed by atoms with Crippen LogP contribution in [0.4, 0.5) is 0 Å². The highest BCUT2D eigenvalue weighted by molar-refractivity contribution is 7.99. The molecule has 0 spiro atoms. The molecule has 0 unspecified atom stereocenters. The molecule has 3 heteroatoms. The maximum Gasteiger partial charge on any atom is 0.162 e. The van der Waals surface area contributed by atoms with E-state index >= 15 is 0 Å². The van der Waals surface area contributed by atoms with Crippen molar-refractivity contribution in [1.29, 1.82) is 0 Å². The third-order valence-electron chi connectivity index (χ3n) is 2.40. The molecule has 0 aliphatic rings. The van der Waals surface area contributed by atoms with E-state index in [1.807, 2.05) is 43.0 Å². The van der Waals surface area contributed by atoms with Crippen LogP contribution >= 0.6 is 11.8 Å². The molecule has 0 saturated heterocycles. The molecule has 0 atom stereocenters. The van der Waals surface area contributed by atoms with Crippen molar-refractivity contribution in [2.45, 2.75) is 26.7 Å². The van der Waals surface area contributed by atoms with Crippen LogP contribution in [-0.4, -0.2) is 23.9 Å². The highest BCUT2D eigenvalue weighted by Crippen LogP contribution is 2.14. The van der Waals surface area contributed by atoms with Crippen LogP contribution in [0.3, 0.4) is 0 Å². The van der Waals surface area contributed by atoms with Crippen molar-refractivity contribution in [3.63, 3.8) is 0 Å². The van der Waals surface area contributed by atoms with Crippen LogP contribution in [0.15, 0.2) is 24.3 Å². The van der Waals surface area contributed by atoms with Crippen LogP contribution in [0.25, 0.3) is 0 Å². The van der Waals surface area contributed by atoms with Crippen molar-refractivity contribution in [2.24, 2.45) is 0 Å². The molecule has 94 valence electrons. The summed E-state index contributed by atoms with van der Waals surface area (Å²) in [5.41, 5.74) is 0.765. The molecule has 0 aliphatic heterocycles. The molecule has 0 fully saturated rings. The molecule has 1 aromatic carbocycles. The first kappa shape index (κ1) is 14.1. The monoisotopic (exact) mass is 252 g/mol. The van der Waals surface area contributed by atoms with Gasteiger partial charge < -0.3 is 4.74 Å². The lowest BCUT2D eigenvalue weighted by atomic mass is 10.1. The molecule has 0 aromatic heterocycles. The molecule has 0 N–H and O–H groups in total. The fourth-order valence-electron chi connectivity index (χ4n) is 1.44. The maximum absolute atomic E-state index is 11.4. The number of benzene rings is 1. The number of hydrogen-bond donors (Lipinski definition) is 0. The van der Waals surface area contributed by atoms with Gasteiger partial charge in [-0.05, 0) is 42.2 Å². The zero-order valence-electron chi connectivity index (χ0n) is 10.6. The molecular formula is C14H20O2S. The number of Topliss-reactive ketones (excluding diaryl/α,β-unsaturated/α-hetero) is 1. The van der Waals surface area contributed by atoms with Crippen molar-refractivity contribution in [1.82, 2.24) is 0 Å². The second-order valence-electron chi connectivity index (χ2n) is 3.70. The molecule has 0 heterocycles. The minimum absolute atomic E-state index is 0.177. The smallest absolute Gasteiger partial charge is 0.162 e. The number of hydrogen-bond acceptors (Lipinski definition) is 3. The molecule has 2 nitrogen and oxygen atoms in total. The fraction of sp³-hybridized carbons (Fsp3) is 0.500. The van der Waals surface area contributed by atoms with Gasteiger partial charge >= 0.3 is 0 Å². The Morgan fingerprint density at radius 2 is 1.94 bits per heavy atom. The van der Waals surface area contributed by atoms with E-state index in [0.29, 0.717) is 6.42 Å². The Labute approximate surface area is 108 Å². The van der Waals surface area contributed by atoms with Gasteiger partial charge in [-0.15, -0.1) is 0 Å². The van der Waals surface area contributed by atoms with Gasteiger partial charge in [0.2, 0.25) is 0 Å². The summed E-state index contributed by atoms with van der Waals surface area (Å²) in [4.78, 5) is 11.4. The molecule has 1 aromatic rings. The second-order valence-corrected chi connectivity index (χ2v) is 5.09. The van der Waals surface area contributed by atoms with E-state index in [1.165, 1.54) is 0 Å². The Morgan fingerprint density at radius 3 is 2.53 bits per heavy atom.